The van der Waals surface area contributed by atoms with Gasteiger partial charge >= 0.3 is 0 Å². The molecule has 0 saturated carbocycles. The van der Waals surface area contributed by atoms with Crippen LogP contribution in [0.2, 0.25) is 0 Å². The van der Waals surface area contributed by atoms with Crippen LogP contribution in [-0.4, -0.2) is 15.0 Å². The van der Waals surface area contributed by atoms with Gasteiger partial charge in [-0.3, -0.25) is 0 Å². The predicted molar refractivity (Wildman–Crippen MR) is 125 cm³/mol. The maximum Gasteiger partial charge on any atom is 0.240 e. The van der Waals surface area contributed by atoms with Crippen LogP contribution in [0.4, 0.5) is 5.69 Å². The third kappa shape index (κ3) is 13.5. The summed E-state index contributed by atoms with van der Waals surface area (Å²) in [6.45, 7) is 2.75. The minimum Gasteiger partial charge on any atom is -0.399 e. The first-order valence-corrected chi connectivity index (χ1v) is 13.0. The molecule has 166 valence electrons. The standard InChI is InChI=1S/C24H42N2O2S/c1-2-3-4-5-6-7-8-9-10-11-12-13-14-15-16-17-22-26-29(27,28)24-20-18-23(25)19-21-24/h9-10,18-21,26H,2-8,11-17,22,25H2,1H3/b10-9+. The second kappa shape index (κ2) is 16.5. The zero-order chi connectivity index (χ0) is 21.2. The summed E-state index contributed by atoms with van der Waals surface area (Å²) in [6.07, 6.45) is 22.2. The van der Waals surface area contributed by atoms with Crippen LogP contribution in [0.25, 0.3) is 0 Å². The number of benzene rings is 1. The molecule has 5 heteroatoms. The molecule has 0 aliphatic rings. The second-order valence-corrected chi connectivity index (χ2v) is 9.67. The fourth-order valence-electron chi connectivity index (χ4n) is 3.31. The van der Waals surface area contributed by atoms with Gasteiger partial charge in [-0.05, 0) is 56.4 Å². The van der Waals surface area contributed by atoms with Gasteiger partial charge in [0.1, 0.15) is 0 Å². The van der Waals surface area contributed by atoms with E-state index in [1.165, 1.54) is 77.0 Å². The third-order valence-corrected chi connectivity index (χ3v) is 6.65. The van der Waals surface area contributed by atoms with E-state index in [0.717, 1.165) is 12.8 Å². The zero-order valence-electron chi connectivity index (χ0n) is 18.4. The lowest BCUT2D eigenvalue weighted by Gasteiger charge is -2.07. The van der Waals surface area contributed by atoms with Gasteiger partial charge in [0.15, 0.2) is 0 Å². The quantitative estimate of drug-likeness (QED) is 0.159. The lowest BCUT2D eigenvalue weighted by Crippen LogP contribution is -2.24. The van der Waals surface area contributed by atoms with Crippen molar-refractivity contribution in [3.05, 3.63) is 36.4 Å². The highest BCUT2D eigenvalue weighted by Crippen LogP contribution is 2.12. The molecular formula is C24H42N2O2S. The second-order valence-electron chi connectivity index (χ2n) is 7.90. The average Bonchev–Trinajstić information content (AvgIpc) is 2.70. The minimum absolute atomic E-state index is 0.274. The van der Waals surface area contributed by atoms with Gasteiger partial charge < -0.3 is 5.73 Å². The van der Waals surface area contributed by atoms with Gasteiger partial charge in [0, 0.05) is 12.2 Å². The Morgan fingerprint density at radius 1 is 0.759 bits per heavy atom. The number of sulfonamides is 1. The molecule has 0 radical (unpaired) electrons. The third-order valence-electron chi connectivity index (χ3n) is 5.17. The van der Waals surface area contributed by atoms with Crippen molar-refractivity contribution in [2.24, 2.45) is 0 Å². The van der Waals surface area contributed by atoms with E-state index >= 15 is 0 Å². The first-order valence-electron chi connectivity index (χ1n) is 11.6. The summed E-state index contributed by atoms with van der Waals surface area (Å²) >= 11 is 0. The number of rotatable bonds is 18. The van der Waals surface area contributed by atoms with E-state index in [0.29, 0.717) is 12.2 Å². The van der Waals surface area contributed by atoms with Crippen LogP contribution in [0.1, 0.15) is 96.8 Å². The summed E-state index contributed by atoms with van der Waals surface area (Å²) in [5, 5.41) is 0. The Balaban J connectivity index is 1.91. The van der Waals surface area contributed by atoms with Crippen LogP contribution < -0.4 is 10.5 Å². The van der Waals surface area contributed by atoms with Crippen LogP contribution in [-0.2, 0) is 10.0 Å². The van der Waals surface area contributed by atoms with E-state index in [9.17, 15) is 8.42 Å². The molecule has 0 fully saturated rings. The van der Waals surface area contributed by atoms with Crippen molar-refractivity contribution in [2.75, 3.05) is 12.3 Å². The molecule has 0 spiro atoms. The SMILES string of the molecule is CCCCCCCC/C=C/CCCCCCCCNS(=O)(=O)c1ccc(N)cc1. The van der Waals surface area contributed by atoms with E-state index in [4.69, 9.17) is 5.73 Å². The molecule has 4 nitrogen and oxygen atoms in total. The van der Waals surface area contributed by atoms with E-state index in [1.807, 2.05) is 0 Å². The topological polar surface area (TPSA) is 72.2 Å². The Labute approximate surface area is 179 Å². The van der Waals surface area contributed by atoms with E-state index < -0.39 is 10.0 Å². The number of nitrogens with two attached hydrogens (primary N) is 1. The van der Waals surface area contributed by atoms with Crippen molar-refractivity contribution in [3.63, 3.8) is 0 Å². The maximum absolute atomic E-state index is 12.1. The monoisotopic (exact) mass is 422 g/mol. The molecule has 0 aliphatic carbocycles. The molecule has 0 atom stereocenters. The molecule has 0 aromatic heterocycles. The van der Waals surface area contributed by atoms with Gasteiger partial charge in [0.25, 0.3) is 0 Å². The average molecular weight is 423 g/mol. The molecule has 1 aromatic rings. The fraction of sp³-hybridized carbons (Fsp3) is 0.667. The highest BCUT2D eigenvalue weighted by Gasteiger charge is 2.12. The summed E-state index contributed by atoms with van der Waals surface area (Å²) in [7, 11) is -3.41. The Morgan fingerprint density at radius 2 is 1.24 bits per heavy atom. The number of hydrogen-bond acceptors (Lipinski definition) is 3. The van der Waals surface area contributed by atoms with Crippen molar-refractivity contribution < 1.29 is 8.42 Å². The number of unbranched alkanes of at least 4 members (excludes halogenated alkanes) is 12. The van der Waals surface area contributed by atoms with Crippen LogP contribution in [0, 0.1) is 0 Å². The maximum atomic E-state index is 12.1. The molecule has 0 saturated heterocycles. The van der Waals surface area contributed by atoms with Crippen molar-refractivity contribution in [2.45, 2.75) is 102 Å². The Hall–Kier alpha value is -1.33. The van der Waals surface area contributed by atoms with Crippen molar-refractivity contribution in [3.8, 4) is 0 Å². The fourth-order valence-corrected chi connectivity index (χ4v) is 4.38. The van der Waals surface area contributed by atoms with E-state index in [-0.39, 0.29) is 4.90 Å². The van der Waals surface area contributed by atoms with Crippen LogP contribution in [0.15, 0.2) is 41.3 Å². The minimum atomic E-state index is -3.41. The molecular weight excluding hydrogens is 380 g/mol. The molecule has 0 amide bonds. The Morgan fingerprint density at radius 3 is 1.79 bits per heavy atom. The first kappa shape index (κ1) is 25.7. The first-order chi connectivity index (χ1) is 14.1. The molecule has 0 aliphatic heterocycles. The summed E-state index contributed by atoms with van der Waals surface area (Å²) in [6, 6.07) is 6.30. The molecule has 3 N–H and O–H groups in total. The van der Waals surface area contributed by atoms with Gasteiger partial charge in [-0.25, -0.2) is 13.1 Å². The Bertz CT molecular complexity index is 639. The number of anilines is 1. The van der Waals surface area contributed by atoms with Crippen LogP contribution in [0.3, 0.4) is 0 Å². The van der Waals surface area contributed by atoms with Gasteiger partial charge in [0.05, 0.1) is 4.90 Å². The molecule has 29 heavy (non-hydrogen) atoms. The Kier molecular flexibility index (Phi) is 14.6. The van der Waals surface area contributed by atoms with E-state index in [1.54, 1.807) is 24.3 Å². The normalized spacial score (nSPS) is 12.0. The van der Waals surface area contributed by atoms with Crippen molar-refractivity contribution in [1.82, 2.24) is 4.72 Å². The van der Waals surface area contributed by atoms with Gasteiger partial charge in [-0.2, -0.15) is 0 Å². The van der Waals surface area contributed by atoms with Gasteiger partial charge in [-0.15, -0.1) is 0 Å². The lowest BCUT2D eigenvalue weighted by molar-refractivity contribution is 0.565. The van der Waals surface area contributed by atoms with Crippen LogP contribution in [0.5, 0.6) is 0 Å². The molecule has 0 bridgehead atoms. The molecule has 1 rings (SSSR count). The zero-order valence-corrected chi connectivity index (χ0v) is 19.2. The number of nitrogens with one attached hydrogen (secondary N) is 1. The smallest absolute Gasteiger partial charge is 0.240 e. The van der Waals surface area contributed by atoms with Gasteiger partial charge in [-0.1, -0.05) is 76.9 Å². The summed E-state index contributed by atoms with van der Waals surface area (Å²) < 4.78 is 27.0. The number of allylic oxidation sites excluding steroid dienone is 2. The number of hydrogen-bond donors (Lipinski definition) is 2. The van der Waals surface area contributed by atoms with Crippen LogP contribution >= 0.6 is 0 Å². The highest BCUT2D eigenvalue weighted by molar-refractivity contribution is 7.89. The van der Waals surface area contributed by atoms with E-state index in [2.05, 4.69) is 23.8 Å². The lowest BCUT2D eigenvalue weighted by atomic mass is 10.1. The van der Waals surface area contributed by atoms with Crippen molar-refractivity contribution >= 4 is 15.7 Å². The molecule has 0 heterocycles. The summed E-state index contributed by atoms with van der Waals surface area (Å²) in [5.74, 6) is 0. The number of nitrogen functional groups attached to an aromatic ring is 1. The largest absolute Gasteiger partial charge is 0.399 e. The highest BCUT2D eigenvalue weighted by atomic mass is 32.2. The molecule has 0 unspecified atom stereocenters. The predicted octanol–water partition coefficient (Wildman–Crippen LogP) is 6.58. The summed E-state index contributed by atoms with van der Waals surface area (Å²) in [4.78, 5) is 0.274. The van der Waals surface area contributed by atoms with Gasteiger partial charge in [0.2, 0.25) is 10.0 Å². The summed E-state index contributed by atoms with van der Waals surface area (Å²) in [5.41, 5.74) is 6.16. The molecule has 1 aromatic carbocycles. The van der Waals surface area contributed by atoms with Crippen molar-refractivity contribution in [1.29, 1.82) is 0 Å².